The van der Waals surface area contributed by atoms with E-state index >= 15 is 0 Å². The first-order chi connectivity index (χ1) is 15.3. The fourth-order valence-electron chi connectivity index (χ4n) is 3.61. The highest BCUT2D eigenvalue weighted by molar-refractivity contribution is 7.07. The lowest BCUT2D eigenvalue weighted by molar-refractivity contribution is -0.139. The molecule has 2 aromatic carbocycles. The normalized spacial score (nSPS) is 16.0. The molecule has 0 fully saturated rings. The Kier molecular flexibility index (Phi) is 6.38. The van der Waals surface area contributed by atoms with Gasteiger partial charge in [0.15, 0.2) is 4.80 Å². The standard InChI is InChI=1S/C24H20Cl2N2O3S/c1-4-31-23(30)20-14(3)27-24-28(21(20)16-8-5-13(2)6-9-16)22(29)19(32-24)12-15-7-10-17(25)18(26)11-15/h5-12,21H,4H2,1-3H3/b19-12+. The molecular formula is C24H20Cl2N2O3S. The van der Waals surface area contributed by atoms with Gasteiger partial charge < -0.3 is 4.74 Å². The molecule has 3 aromatic rings. The van der Waals surface area contributed by atoms with E-state index in [4.69, 9.17) is 27.9 Å². The Bertz CT molecular complexity index is 1420. The second kappa shape index (κ2) is 9.06. The number of carbonyl (C=O) groups excluding carboxylic acids is 1. The van der Waals surface area contributed by atoms with Gasteiger partial charge in [0.25, 0.3) is 5.56 Å². The van der Waals surface area contributed by atoms with Crippen LogP contribution in [0.5, 0.6) is 0 Å². The lowest BCUT2D eigenvalue weighted by atomic mass is 9.95. The molecule has 1 aromatic heterocycles. The van der Waals surface area contributed by atoms with Crippen LogP contribution in [0.25, 0.3) is 6.08 Å². The maximum atomic E-state index is 13.5. The molecule has 5 nitrogen and oxygen atoms in total. The maximum absolute atomic E-state index is 13.5. The number of benzene rings is 2. The summed E-state index contributed by atoms with van der Waals surface area (Å²) in [7, 11) is 0. The molecule has 0 saturated carbocycles. The number of halogens is 2. The Hall–Kier alpha value is -2.67. The van der Waals surface area contributed by atoms with Crippen LogP contribution in [-0.4, -0.2) is 17.1 Å². The zero-order chi connectivity index (χ0) is 23.0. The molecule has 1 aliphatic rings. The van der Waals surface area contributed by atoms with Gasteiger partial charge in [-0.05, 0) is 50.1 Å². The van der Waals surface area contributed by atoms with Gasteiger partial charge >= 0.3 is 5.97 Å². The van der Waals surface area contributed by atoms with Gasteiger partial charge in [-0.3, -0.25) is 9.36 Å². The highest BCUT2D eigenvalue weighted by Gasteiger charge is 2.33. The van der Waals surface area contributed by atoms with Crippen molar-refractivity contribution in [2.45, 2.75) is 26.8 Å². The Morgan fingerprint density at radius 2 is 1.88 bits per heavy atom. The van der Waals surface area contributed by atoms with Gasteiger partial charge in [-0.1, -0.05) is 70.4 Å². The number of nitrogens with zero attached hydrogens (tertiary/aromatic N) is 2. The Morgan fingerprint density at radius 3 is 2.53 bits per heavy atom. The number of hydrogen-bond donors (Lipinski definition) is 0. The van der Waals surface area contributed by atoms with Crippen molar-refractivity contribution in [1.82, 2.24) is 4.57 Å². The molecule has 1 atom stereocenters. The molecule has 32 heavy (non-hydrogen) atoms. The molecular weight excluding hydrogens is 467 g/mol. The van der Waals surface area contributed by atoms with E-state index in [1.54, 1.807) is 42.7 Å². The van der Waals surface area contributed by atoms with E-state index in [1.165, 1.54) is 11.3 Å². The van der Waals surface area contributed by atoms with Crippen LogP contribution in [0.2, 0.25) is 10.0 Å². The molecule has 0 spiro atoms. The molecule has 8 heteroatoms. The van der Waals surface area contributed by atoms with Crippen molar-refractivity contribution in [3.63, 3.8) is 0 Å². The zero-order valence-electron chi connectivity index (χ0n) is 17.7. The Morgan fingerprint density at radius 1 is 1.16 bits per heavy atom. The van der Waals surface area contributed by atoms with Crippen molar-refractivity contribution in [3.05, 3.63) is 100 Å². The first kappa shape index (κ1) is 22.5. The zero-order valence-corrected chi connectivity index (χ0v) is 20.0. The largest absolute Gasteiger partial charge is 0.463 e. The topological polar surface area (TPSA) is 60.7 Å². The van der Waals surface area contributed by atoms with E-state index < -0.39 is 12.0 Å². The van der Waals surface area contributed by atoms with Crippen LogP contribution >= 0.6 is 34.5 Å². The van der Waals surface area contributed by atoms with Crippen molar-refractivity contribution in [2.75, 3.05) is 6.61 Å². The van der Waals surface area contributed by atoms with Gasteiger partial charge in [0.05, 0.1) is 38.5 Å². The minimum atomic E-state index is -0.623. The average Bonchev–Trinajstić information content (AvgIpc) is 3.05. The summed E-state index contributed by atoms with van der Waals surface area (Å²) in [5, 5.41) is 0.852. The minimum absolute atomic E-state index is 0.234. The SMILES string of the molecule is CCOC(=O)C1=C(C)N=c2s/c(=C/c3ccc(Cl)c(Cl)c3)c(=O)n2C1c1ccc(C)cc1. The van der Waals surface area contributed by atoms with Crippen LogP contribution in [0.3, 0.4) is 0 Å². The third kappa shape index (κ3) is 4.18. The Balaban J connectivity index is 1.95. The van der Waals surface area contributed by atoms with Gasteiger partial charge in [0.2, 0.25) is 0 Å². The first-order valence-corrected chi connectivity index (χ1v) is 11.6. The number of rotatable bonds is 4. The molecule has 0 bridgehead atoms. The predicted octanol–water partition coefficient (Wildman–Crippen LogP) is 4.41. The lowest BCUT2D eigenvalue weighted by Gasteiger charge is -2.24. The van der Waals surface area contributed by atoms with Crippen LogP contribution in [-0.2, 0) is 9.53 Å². The summed E-state index contributed by atoms with van der Waals surface area (Å²) in [4.78, 5) is 31.5. The van der Waals surface area contributed by atoms with Crippen LogP contribution in [0.1, 0.15) is 36.6 Å². The fraction of sp³-hybridized carbons (Fsp3) is 0.208. The van der Waals surface area contributed by atoms with E-state index in [0.29, 0.717) is 30.6 Å². The van der Waals surface area contributed by atoms with Gasteiger partial charge in [0, 0.05) is 0 Å². The maximum Gasteiger partial charge on any atom is 0.338 e. The van der Waals surface area contributed by atoms with Crippen LogP contribution in [0.15, 0.2) is 63.5 Å². The average molecular weight is 487 g/mol. The van der Waals surface area contributed by atoms with Crippen molar-refractivity contribution in [2.24, 2.45) is 4.99 Å². The van der Waals surface area contributed by atoms with Gasteiger partial charge in [-0.2, -0.15) is 0 Å². The molecule has 1 unspecified atom stereocenters. The quantitative estimate of drug-likeness (QED) is 0.513. The second-order valence-corrected chi connectivity index (χ2v) is 9.21. The van der Waals surface area contributed by atoms with E-state index in [-0.39, 0.29) is 12.2 Å². The lowest BCUT2D eigenvalue weighted by Crippen LogP contribution is -2.39. The molecule has 164 valence electrons. The van der Waals surface area contributed by atoms with Crippen molar-refractivity contribution < 1.29 is 9.53 Å². The monoisotopic (exact) mass is 486 g/mol. The molecule has 0 aliphatic carbocycles. The summed E-state index contributed by atoms with van der Waals surface area (Å²) in [5.74, 6) is -0.474. The van der Waals surface area contributed by atoms with Crippen molar-refractivity contribution in [3.8, 4) is 0 Å². The van der Waals surface area contributed by atoms with Gasteiger partial charge in [-0.25, -0.2) is 9.79 Å². The summed E-state index contributed by atoms with van der Waals surface area (Å²) in [6.07, 6.45) is 1.75. The molecule has 1 aliphatic heterocycles. The molecule has 0 saturated heterocycles. The number of ether oxygens (including phenoxy) is 1. The van der Waals surface area contributed by atoms with Gasteiger partial charge in [-0.15, -0.1) is 0 Å². The molecule has 4 rings (SSSR count). The number of aromatic nitrogens is 1. The number of hydrogen-bond acceptors (Lipinski definition) is 5. The van der Waals surface area contributed by atoms with E-state index in [2.05, 4.69) is 4.99 Å². The summed E-state index contributed by atoms with van der Waals surface area (Å²) < 4.78 is 7.36. The van der Waals surface area contributed by atoms with E-state index in [1.807, 2.05) is 31.2 Å². The summed E-state index contributed by atoms with van der Waals surface area (Å²) in [6.45, 7) is 5.74. The minimum Gasteiger partial charge on any atom is -0.463 e. The van der Waals surface area contributed by atoms with Crippen LogP contribution in [0.4, 0.5) is 0 Å². The number of fused-ring (bicyclic) bond motifs is 1. The third-order valence-corrected chi connectivity index (χ3v) is 6.87. The fourth-order valence-corrected chi connectivity index (χ4v) is 4.96. The van der Waals surface area contributed by atoms with Crippen LogP contribution < -0.4 is 14.9 Å². The third-order valence-electron chi connectivity index (χ3n) is 5.15. The number of allylic oxidation sites excluding steroid dienone is 1. The number of thiazole rings is 1. The summed E-state index contributed by atoms with van der Waals surface area (Å²) >= 11 is 13.4. The summed E-state index contributed by atoms with van der Waals surface area (Å²) in [6, 6.07) is 12.3. The Labute approximate surface area is 198 Å². The molecule has 0 radical (unpaired) electrons. The summed E-state index contributed by atoms with van der Waals surface area (Å²) in [5.41, 5.74) is 3.31. The first-order valence-electron chi connectivity index (χ1n) is 10.0. The predicted molar refractivity (Wildman–Crippen MR) is 128 cm³/mol. The van der Waals surface area contributed by atoms with Crippen molar-refractivity contribution in [1.29, 1.82) is 0 Å². The highest BCUT2D eigenvalue weighted by Crippen LogP contribution is 2.31. The highest BCUT2D eigenvalue weighted by atomic mass is 35.5. The van der Waals surface area contributed by atoms with Crippen LogP contribution in [0, 0.1) is 6.92 Å². The second-order valence-electron chi connectivity index (χ2n) is 7.39. The van der Waals surface area contributed by atoms with E-state index in [9.17, 15) is 9.59 Å². The molecule has 0 N–H and O–H groups in total. The van der Waals surface area contributed by atoms with E-state index in [0.717, 1.165) is 16.7 Å². The number of carbonyl (C=O) groups is 1. The van der Waals surface area contributed by atoms with Gasteiger partial charge in [0.1, 0.15) is 0 Å². The number of esters is 1. The molecule has 0 amide bonds. The smallest absolute Gasteiger partial charge is 0.338 e. The molecule has 2 heterocycles. The number of aryl methyl sites for hydroxylation is 1. The van der Waals surface area contributed by atoms with Crippen molar-refractivity contribution >= 4 is 46.6 Å².